The zero-order valence-electron chi connectivity index (χ0n) is 16.0. The monoisotopic (exact) mass is 479 g/mol. The molecule has 12 heteroatoms. The van der Waals surface area contributed by atoms with E-state index in [1.807, 2.05) is 0 Å². The maximum Gasteiger partial charge on any atom is 0.289 e. The third kappa shape index (κ3) is 4.19. The van der Waals surface area contributed by atoms with E-state index in [0.717, 1.165) is 29.0 Å². The fourth-order valence-corrected chi connectivity index (χ4v) is 7.17. The highest BCUT2D eigenvalue weighted by Crippen LogP contribution is 2.30. The zero-order chi connectivity index (χ0) is 22.2. The molecule has 1 aliphatic rings. The van der Waals surface area contributed by atoms with E-state index in [1.165, 1.54) is 16.4 Å². The van der Waals surface area contributed by atoms with Crippen LogP contribution in [0.15, 0.2) is 69.1 Å². The highest BCUT2D eigenvalue weighted by atomic mass is 32.2. The van der Waals surface area contributed by atoms with Crippen molar-refractivity contribution in [2.45, 2.75) is 22.1 Å². The van der Waals surface area contributed by atoms with Crippen molar-refractivity contribution in [2.75, 3.05) is 11.3 Å². The Kier molecular flexibility index (Phi) is 5.56. The molecule has 1 aliphatic heterocycles. The van der Waals surface area contributed by atoms with Gasteiger partial charge in [0.2, 0.25) is 0 Å². The number of fused-ring (bicyclic) bond motifs is 1. The Morgan fingerprint density at radius 2 is 1.77 bits per heavy atom. The molecule has 31 heavy (non-hydrogen) atoms. The Hall–Kier alpha value is -2.80. The quantitative estimate of drug-likeness (QED) is 0.427. The number of rotatable bonds is 6. The summed E-state index contributed by atoms with van der Waals surface area (Å²) in [6, 6.07) is 13.2. The summed E-state index contributed by atoms with van der Waals surface area (Å²) in [6.07, 6.45) is 0.497. The summed E-state index contributed by atoms with van der Waals surface area (Å²) in [5.41, 5.74) is 1.27. The second-order valence-electron chi connectivity index (χ2n) is 6.83. The van der Waals surface area contributed by atoms with E-state index >= 15 is 0 Å². The van der Waals surface area contributed by atoms with E-state index in [-0.39, 0.29) is 16.4 Å². The molecular weight excluding hydrogens is 462 g/mol. The molecule has 1 aromatic heterocycles. The predicted molar refractivity (Wildman–Crippen MR) is 116 cm³/mol. The summed E-state index contributed by atoms with van der Waals surface area (Å²) in [5, 5.41) is 12.9. The molecule has 1 N–H and O–H groups in total. The van der Waals surface area contributed by atoms with Crippen LogP contribution in [0, 0.1) is 10.1 Å². The summed E-state index contributed by atoms with van der Waals surface area (Å²) < 4.78 is 55.1. The Labute approximate surface area is 183 Å². The first-order valence-electron chi connectivity index (χ1n) is 9.10. The highest BCUT2D eigenvalue weighted by Gasteiger charge is 2.30. The van der Waals surface area contributed by atoms with Gasteiger partial charge in [0.15, 0.2) is 4.90 Å². The van der Waals surface area contributed by atoms with Gasteiger partial charge in [0, 0.05) is 24.8 Å². The van der Waals surface area contributed by atoms with Gasteiger partial charge in [-0.1, -0.05) is 24.3 Å². The number of nitro benzene ring substituents is 1. The van der Waals surface area contributed by atoms with Crippen LogP contribution in [0.25, 0.3) is 0 Å². The van der Waals surface area contributed by atoms with Crippen molar-refractivity contribution < 1.29 is 21.8 Å². The second-order valence-corrected chi connectivity index (χ2v) is 11.6. The molecule has 2 aromatic carbocycles. The van der Waals surface area contributed by atoms with Gasteiger partial charge in [0.25, 0.3) is 25.7 Å². The number of nitro groups is 1. The third-order valence-corrected chi connectivity index (χ3v) is 9.52. The summed E-state index contributed by atoms with van der Waals surface area (Å²) in [6.45, 7) is 0.436. The molecule has 9 nitrogen and oxygen atoms in total. The van der Waals surface area contributed by atoms with Crippen LogP contribution in [0.4, 0.5) is 11.4 Å². The average molecular weight is 480 g/mol. The van der Waals surface area contributed by atoms with Crippen LogP contribution < -0.4 is 4.72 Å². The second kappa shape index (κ2) is 8.04. The van der Waals surface area contributed by atoms with Gasteiger partial charge in [-0.3, -0.25) is 14.8 Å². The van der Waals surface area contributed by atoms with Gasteiger partial charge in [0.05, 0.1) is 4.92 Å². The molecule has 0 amide bonds. The lowest BCUT2D eigenvalue weighted by molar-refractivity contribution is -0.387. The topological polar surface area (TPSA) is 127 Å². The van der Waals surface area contributed by atoms with E-state index in [9.17, 15) is 26.9 Å². The lowest BCUT2D eigenvalue weighted by Gasteiger charge is -2.28. The summed E-state index contributed by atoms with van der Waals surface area (Å²) in [7, 11) is -7.84. The lowest BCUT2D eigenvalue weighted by Crippen LogP contribution is -2.35. The largest absolute Gasteiger partial charge is 0.289 e. The van der Waals surface area contributed by atoms with Crippen molar-refractivity contribution in [1.82, 2.24) is 4.31 Å². The van der Waals surface area contributed by atoms with Crippen molar-refractivity contribution in [3.8, 4) is 0 Å². The van der Waals surface area contributed by atoms with Crippen molar-refractivity contribution in [2.24, 2.45) is 0 Å². The molecule has 3 aromatic rings. The smallest absolute Gasteiger partial charge is 0.279 e. The Balaban J connectivity index is 1.62. The Morgan fingerprint density at radius 1 is 1.00 bits per heavy atom. The average Bonchev–Trinajstić information content (AvgIpc) is 3.29. The zero-order valence-corrected chi connectivity index (χ0v) is 18.4. The number of thiophene rings is 1. The van der Waals surface area contributed by atoms with E-state index in [0.29, 0.717) is 18.5 Å². The number of nitrogens with zero attached hydrogens (tertiary/aromatic N) is 2. The molecule has 0 aliphatic carbocycles. The van der Waals surface area contributed by atoms with E-state index in [1.54, 1.807) is 35.7 Å². The van der Waals surface area contributed by atoms with Gasteiger partial charge in [0.1, 0.15) is 4.21 Å². The van der Waals surface area contributed by atoms with Crippen LogP contribution in [-0.2, 0) is 33.0 Å². The van der Waals surface area contributed by atoms with Gasteiger partial charge in [-0.25, -0.2) is 16.8 Å². The molecule has 0 spiro atoms. The SMILES string of the molecule is O=[N+]([O-])c1ccccc1S(=O)(=O)Nc1ccc2c(c1)CN(S(=O)(=O)c1cccs1)CC2. The maximum absolute atomic E-state index is 12.8. The minimum absolute atomic E-state index is 0.108. The van der Waals surface area contributed by atoms with Crippen LogP contribution in [0.2, 0.25) is 0 Å². The first-order valence-corrected chi connectivity index (χ1v) is 12.9. The normalized spacial score (nSPS) is 14.7. The van der Waals surface area contributed by atoms with Gasteiger partial charge in [-0.15, -0.1) is 11.3 Å². The number of hydrogen-bond donors (Lipinski definition) is 1. The maximum atomic E-state index is 12.8. The van der Waals surface area contributed by atoms with Crippen molar-refractivity contribution in [3.05, 3.63) is 81.2 Å². The van der Waals surface area contributed by atoms with Crippen molar-refractivity contribution in [1.29, 1.82) is 0 Å². The van der Waals surface area contributed by atoms with Crippen LogP contribution in [-0.4, -0.2) is 32.6 Å². The van der Waals surface area contributed by atoms with E-state index in [2.05, 4.69) is 4.72 Å². The van der Waals surface area contributed by atoms with Crippen LogP contribution in [0.1, 0.15) is 11.1 Å². The Morgan fingerprint density at radius 3 is 2.48 bits per heavy atom. The minimum atomic E-state index is -4.21. The summed E-state index contributed by atoms with van der Waals surface area (Å²) in [5.74, 6) is 0. The molecule has 0 radical (unpaired) electrons. The third-order valence-electron chi connectivity index (χ3n) is 4.88. The first-order chi connectivity index (χ1) is 14.7. The highest BCUT2D eigenvalue weighted by molar-refractivity contribution is 7.93. The number of hydrogen-bond acceptors (Lipinski definition) is 7. The molecule has 162 valence electrons. The van der Waals surface area contributed by atoms with Crippen molar-refractivity contribution in [3.63, 3.8) is 0 Å². The molecule has 0 fully saturated rings. The van der Waals surface area contributed by atoms with Gasteiger partial charge >= 0.3 is 0 Å². The van der Waals surface area contributed by atoms with Gasteiger partial charge < -0.3 is 0 Å². The standard InChI is InChI=1S/C19H17N3O6S3/c23-22(24)17-4-1-2-5-18(17)30(25,26)20-16-8-7-14-9-10-21(13-15(14)12-16)31(27,28)19-6-3-11-29-19/h1-8,11-12,20H,9-10,13H2. The number of benzene rings is 2. The van der Waals surface area contributed by atoms with Gasteiger partial charge in [-0.05, 0) is 47.2 Å². The fourth-order valence-electron chi connectivity index (χ4n) is 3.38. The predicted octanol–water partition coefficient (Wildman–Crippen LogP) is 3.20. The van der Waals surface area contributed by atoms with E-state index in [4.69, 9.17) is 0 Å². The molecule has 0 atom stereocenters. The van der Waals surface area contributed by atoms with Crippen LogP contribution >= 0.6 is 11.3 Å². The molecule has 2 heterocycles. The van der Waals surface area contributed by atoms with Crippen molar-refractivity contribution >= 4 is 42.8 Å². The number of anilines is 1. The van der Waals surface area contributed by atoms with E-state index < -0.39 is 35.6 Å². The molecule has 4 rings (SSSR count). The molecular formula is C19H17N3O6S3. The summed E-state index contributed by atoms with van der Waals surface area (Å²) in [4.78, 5) is 9.99. The molecule has 0 unspecified atom stereocenters. The molecule has 0 bridgehead atoms. The number of para-hydroxylation sites is 1. The molecule has 0 saturated heterocycles. The first kappa shape index (κ1) is 21.4. The minimum Gasteiger partial charge on any atom is -0.279 e. The van der Waals surface area contributed by atoms with Gasteiger partial charge in [-0.2, -0.15) is 4.31 Å². The lowest BCUT2D eigenvalue weighted by atomic mass is 10.0. The summed E-state index contributed by atoms with van der Waals surface area (Å²) >= 11 is 1.14. The number of nitrogens with one attached hydrogen (secondary N) is 1. The molecule has 0 saturated carbocycles. The fraction of sp³-hybridized carbons (Fsp3) is 0.158. The Bertz CT molecular complexity index is 1350. The van der Waals surface area contributed by atoms with Crippen LogP contribution in [0.5, 0.6) is 0 Å². The number of sulfonamides is 2. The van der Waals surface area contributed by atoms with Crippen LogP contribution in [0.3, 0.4) is 0 Å².